The van der Waals surface area contributed by atoms with Crippen LogP contribution in [0.15, 0.2) is 58.5 Å². The van der Waals surface area contributed by atoms with Crippen LogP contribution in [0.2, 0.25) is 5.02 Å². The zero-order valence-electron chi connectivity index (χ0n) is 10.8. The van der Waals surface area contributed by atoms with Gasteiger partial charge in [-0.2, -0.15) is 5.10 Å². The van der Waals surface area contributed by atoms with E-state index >= 15 is 0 Å². The number of nitrogens with zero attached hydrogens (tertiary/aromatic N) is 1. The van der Waals surface area contributed by atoms with Gasteiger partial charge in [0.05, 0.1) is 6.21 Å². The summed E-state index contributed by atoms with van der Waals surface area (Å²) >= 11 is 7.44. The van der Waals surface area contributed by atoms with E-state index in [4.69, 9.17) is 11.6 Å². The molecule has 1 N–H and O–H groups in total. The van der Waals surface area contributed by atoms with Crippen LogP contribution in [0.3, 0.4) is 0 Å². The summed E-state index contributed by atoms with van der Waals surface area (Å²) in [6, 6.07) is 14.6. The first-order valence-electron chi connectivity index (χ1n) is 5.92. The van der Waals surface area contributed by atoms with Crippen LogP contribution in [-0.4, -0.2) is 18.4 Å². The van der Waals surface area contributed by atoms with Gasteiger partial charge >= 0.3 is 0 Å². The van der Waals surface area contributed by atoms with E-state index in [0.29, 0.717) is 10.6 Å². The lowest BCUT2D eigenvalue weighted by Crippen LogP contribution is -2.17. The zero-order chi connectivity index (χ0) is 14.4. The van der Waals surface area contributed by atoms with Crippen LogP contribution >= 0.6 is 23.4 Å². The first kappa shape index (κ1) is 14.6. The molecular formula is C15H13ClN2OS. The van der Waals surface area contributed by atoms with Gasteiger partial charge in [0.2, 0.25) is 0 Å². The minimum Gasteiger partial charge on any atom is -0.267 e. The van der Waals surface area contributed by atoms with E-state index < -0.39 is 0 Å². The van der Waals surface area contributed by atoms with E-state index in [1.165, 1.54) is 4.90 Å². The lowest BCUT2D eigenvalue weighted by molar-refractivity contribution is 0.0955. The molecule has 0 unspecified atom stereocenters. The third kappa shape index (κ3) is 4.11. The predicted octanol–water partition coefficient (Wildman–Crippen LogP) is 3.83. The number of thioether (sulfide) groups is 1. The van der Waals surface area contributed by atoms with Crippen molar-refractivity contribution in [3.05, 3.63) is 64.7 Å². The van der Waals surface area contributed by atoms with E-state index in [1.54, 1.807) is 42.2 Å². The second-order valence-electron chi connectivity index (χ2n) is 3.98. The maximum Gasteiger partial charge on any atom is 0.271 e. The summed E-state index contributed by atoms with van der Waals surface area (Å²) < 4.78 is 0. The highest BCUT2D eigenvalue weighted by atomic mass is 35.5. The topological polar surface area (TPSA) is 41.5 Å². The van der Waals surface area contributed by atoms with Gasteiger partial charge in [-0.05, 0) is 48.2 Å². The van der Waals surface area contributed by atoms with Crippen molar-refractivity contribution >= 4 is 35.5 Å². The van der Waals surface area contributed by atoms with Crippen molar-refractivity contribution in [2.24, 2.45) is 5.10 Å². The molecule has 0 heterocycles. The summed E-state index contributed by atoms with van der Waals surface area (Å²) in [5.74, 6) is -0.265. The molecule has 0 bridgehead atoms. The third-order valence-corrected chi connectivity index (χ3v) is 3.60. The van der Waals surface area contributed by atoms with Gasteiger partial charge in [0.15, 0.2) is 0 Å². The van der Waals surface area contributed by atoms with Crippen molar-refractivity contribution < 1.29 is 4.79 Å². The molecule has 0 saturated carbocycles. The van der Waals surface area contributed by atoms with Crippen molar-refractivity contribution in [1.82, 2.24) is 5.43 Å². The Morgan fingerprint density at radius 1 is 1.15 bits per heavy atom. The van der Waals surface area contributed by atoms with Gasteiger partial charge in [-0.3, -0.25) is 4.79 Å². The molecule has 0 aliphatic rings. The first-order valence-corrected chi connectivity index (χ1v) is 7.52. The number of rotatable bonds is 4. The van der Waals surface area contributed by atoms with Crippen LogP contribution in [0, 0.1) is 0 Å². The molecule has 102 valence electrons. The molecule has 3 nitrogen and oxygen atoms in total. The molecule has 0 radical (unpaired) electrons. The summed E-state index contributed by atoms with van der Waals surface area (Å²) in [6.45, 7) is 0. The maximum absolute atomic E-state index is 11.8. The SMILES string of the molecule is CSc1ccc(/C=N/NC(=O)c2ccc(Cl)cc2)cc1. The van der Waals surface area contributed by atoms with E-state index in [-0.39, 0.29) is 5.91 Å². The average Bonchev–Trinajstić information content (AvgIpc) is 2.48. The minimum atomic E-state index is -0.265. The number of carbonyl (C=O) groups is 1. The smallest absolute Gasteiger partial charge is 0.267 e. The average molecular weight is 305 g/mol. The van der Waals surface area contributed by atoms with Gasteiger partial charge in [-0.15, -0.1) is 11.8 Å². The van der Waals surface area contributed by atoms with Crippen LogP contribution in [-0.2, 0) is 0 Å². The molecule has 20 heavy (non-hydrogen) atoms. The fourth-order valence-electron chi connectivity index (χ4n) is 1.52. The van der Waals surface area contributed by atoms with E-state index in [9.17, 15) is 4.79 Å². The van der Waals surface area contributed by atoms with Gasteiger partial charge < -0.3 is 0 Å². The van der Waals surface area contributed by atoms with Crippen molar-refractivity contribution in [3.63, 3.8) is 0 Å². The van der Waals surface area contributed by atoms with Gasteiger partial charge in [0.25, 0.3) is 5.91 Å². The highest BCUT2D eigenvalue weighted by Gasteiger charge is 2.02. The number of nitrogens with one attached hydrogen (secondary N) is 1. The molecule has 0 saturated heterocycles. The lowest BCUT2D eigenvalue weighted by Gasteiger charge is -2.00. The quantitative estimate of drug-likeness (QED) is 0.530. The molecule has 0 aliphatic carbocycles. The van der Waals surface area contributed by atoms with Crippen molar-refractivity contribution in [2.45, 2.75) is 4.90 Å². The second-order valence-corrected chi connectivity index (χ2v) is 5.30. The van der Waals surface area contributed by atoms with Crippen molar-refractivity contribution in [2.75, 3.05) is 6.26 Å². The molecular weight excluding hydrogens is 292 g/mol. The van der Waals surface area contributed by atoms with E-state index in [1.807, 2.05) is 30.5 Å². The maximum atomic E-state index is 11.8. The van der Waals surface area contributed by atoms with Gasteiger partial charge in [-0.1, -0.05) is 23.7 Å². The Kier molecular flexibility index (Phi) is 5.21. The predicted molar refractivity (Wildman–Crippen MR) is 84.7 cm³/mol. The molecule has 0 atom stereocenters. The van der Waals surface area contributed by atoms with Crippen LogP contribution in [0.1, 0.15) is 15.9 Å². The Morgan fingerprint density at radius 2 is 1.80 bits per heavy atom. The normalized spacial score (nSPS) is 10.7. The van der Waals surface area contributed by atoms with Crippen LogP contribution in [0.5, 0.6) is 0 Å². The summed E-state index contributed by atoms with van der Waals surface area (Å²) in [5, 5.41) is 4.53. The van der Waals surface area contributed by atoms with Crippen molar-refractivity contribution in [3.8, 4) is 0 Å². The molecule has 2 rings (SSSR count). The Balaban J connectivity index is 1.95. The summed E-state index contributed by atoms with van der Waals surface area (Å²) in [7, 11) is 0. The molecule has 0 spiro atoms. The first-order chi connectivity index (χ1) is 9.69. The highest BCUT2D eigenvalue weighted by molar-refractivity contribution is 7.98. The molecule has 0 fully saturated rings. The summed E-state index contributed by atoms with van der Waals surface area (Å²) in [4.78, 5) is 13.0. The lowest BCUT2D eigenvalue weighted by atomic mass is 10.2. The number of hydrogen-bond donors (Lipinski definition) is 1. The van der Waals surface area contributed by atoms with Gasteiger partial charge in [0, 0.05) is 15.5 Å². The molecule has 2 aromatic carbocycles. The summed E-state index contributed by atoms with van der Waals surface area (Å²) in [5.41, 5.74) is 3.93. The second kappa shape index (κ2) is 7.12. The zero-order valence-corrected chi connectivity index (χ0v) is 12.4. The van der Waals surface area contributed by atoms with Crippen LogP contribution in [0.4, 0.5) is 0 Å². The molecule has 2 aromatic rings. The van der Waals surface area contributed by atoms with Gasteiger partial charge in [-0.25, -0.2) is 5.43 Å². The largest absolute Gasteiger partial charge is 0.271 e. The third-order valence-electron chi connectivity index (χ3n) is 2.60. The highest BCUT2D eigenvalue weighted by Crippen LogP contribution is 2.14. The molecule has 5 heteroatoms. The fraction of sp³-hybridized carbons (Fsp3) is 0.0667. The number of hydrogen-bond acceptors (Lipinski definition) is 3. The van der Waals surface area contributed by atoms with E-state index in [0.717, 1.165) is 5.56 Å². The Bertz CT molecular complexity index is 609. The number of halogens is 1. The Labute approximate surface area is 127 Å². The Hall–Kier alpha value is -1.78. The fourth-order valence-corrected chi connectivity index (χ4v) is 2.06. The summed E-state index contributed by atoms with van der Waals surface area (Å²) in [6.07, 6.45) is 3.63. The molecule has 1 amide bonds. The number of carbonyl (C=O) groups excluding carboxylic acids is 1. The minimum absolute atomic E-state index is 0.265. The molecule has 0 aromatic heterocycles. The van der Waals surface area contributed by atoms with Gasteiger partial charge in [0.1, 0.15) is 0 Å². The van der Waals surface area contributed by atoms with Crippen LogP contribution in [0.25, 0.3) is 0 Å². The van der Waals surface area contributed by atoms with Crippen molar-refractivity contribution in [1.29, 1.82) is 0 Å². The molecule has 0 aliphatic heterocycles. The number of benzene rings is 2. The monoisotopic (exact) mass is 304 g/mol. The van der Waals surface area contributed by atoms with E-state index in [2.05, 4.69) is 10.5 Å². The Morgan fingerprint density at radius 3 is 2.40 bits per heavy atom. The number of hydrazone groups is 1. The van der Waals surface area contributed by atoms with Crippen LogP contribution < -0.4 is 5.43 Å². The number of amides is 1. The standard InChI is InChI=1S/C15H13ClN2OS/c1-20-14-8-2-11(3-9-14)10-17-18-15(19)12-4-6-13(16)7-5-12/h2-10H,1H3,(H,18,19)/b17-10+.